The van der Waals surface area contributed by atoms with Crippen LogP contribution in [0.2, 0.25) is 20.1 Å². The Kier molecular flexibility index (Phi) is 10.9. The molecule has 1 fully saturated rings. The van der Waals surface area contributed by atoms with E-state index in [0.29, 0.717) is 26.5 Å². The van der Waals surface area contributed by atoms with Crippen LogP contribution in [0.5, 0.6) is 0 Å². The first-order valence-electron chi connectivity index (χ1n) is 12.4. The van der Waals surface area contributed by atoms with Gasteiger partial charge in [0, 0.05) is 66.9 Å². The van der Waals surface area contributed by atoms with Gasteiger partial charge in [-0.1, -0.05) is 58.5 Å². The van der Waals surface area contributed by atoms with E-state index in [1.807, 2.05) is 41.3 Å². The molecule has 4 aromatic rings. The normalized spacial score (nSPS) is 13.6. The zero-order chi connectivity index (χ0) is 28.8. The minimum Gasteiger partial charge on any atom is -0.481 e. The van der Waals surface area contributed by atoms with Crippen LogP contribution in [0.25, 0.3) is 20.9 Å². The predicted molar refractivity (Wildman–Crippen MR) is 169 cm³/mol. The van der Waals surface area contributed by atoms with E-state index < -0.39 is 5.97 Å². The van der Waals surface area contributed by atoms with E-state index in [4.69, 9.17) is 51.5 Å². The van der Waals surface area contributed by atoms with E-state index in [9.17, 15) is 9.59 Å². The second kappa shape index (κ2) is 14.2. The van der Waals surface area contributed by atoms with Gasteiger partial charge in [0.05, 0.1) is 22.9 Å². The molecule has 1 aliphatic rings. The molecule has 0 saturated carbocycles. The topological polar surface area (TPSA) is 60.9 Å². The maximum atomic E-state index is 12.4. The zero-order valence-corrected chi connectivity index (χ0v) is 26.2. The lowest BCUT2D eigenvalue weighted by Gasteiger charge is -2.32. The Hall–Kier alpha value is -2.10. The Morgan fingerprint density at radius 1 is 0.725 bits per heavy atom. The number of halogens is 4. The highest BCUT2D eigenvalue weighted by Gasteiger charge is 2.20. The second-order valence-corrected chi connectivity index (χ2v) is 13.2. The number of carboxylic acids is 1. The van der Waals surface area contributed by atoms with Crippen LogP contribution in [0.1, 0.15) is 9.75 Å². The number of benzene rings is 2. The number of piperazine rings is 1. The molecule has 0 aliphatic carbocycles. The molecule has 11 heteroatoms. The Morgan fingerprint density at radius 2 is 1.20 bits per heavy atom. The van der Waals surface area contributed by atoms with Crippen molar-refractivity contribution in [2.24, 2.45) is 0 Å². The summed E-state index contributed by atoms with van der Waals surface area (Å²) in [6, 6.07) is 18.5. The van der Waals surface area contributed by atoms with Gasteiger partial charge in [0.1, 0.15) is 0 Å². The number of carboxylic acid groups (broad SMARTS) is 1. The summed E-state index contributed by atoms with van der Waals surface area (Å²) >= 11 is 27.1. The van der Waals surface area contributed by atoms with Crippen LogP contribution in [0.4, 0.5) is 0 Å². The summed E-state index contributed by atoms with van der Waals surface area (Å²) in [5.74, 6) is -0.630. The van der Waals surface area contributed by atoms with Crippen LogP contribution in [0.3, 0.4) is 0 Å². The molecule has 40 heavy (non-hydrogen) atoms. The van der Waals surface area contributed by atoms with Gasteiger partial charge in [0.15, 0.2) is 0 Å². The lowest BCUT2D eigenvalue weighted by molar-refractivity contribution is -0.136. The number of hydrogen-bond acceptors (Lipinski definition) is 5. The molecular weight excluding hydrogens is 630 g/mol. The quantitative estimate of drug-likeness (QED) is 0.227. The van der Waals surface area contributed by atoms with E-state index >= 15 is 0 Å². The molecule has 210 valence electrons. The third-order valence-electron chi connectivity index (χ3n) is 6.22. The standard InChI is InChI=1S/C17H18Cl2N2OS.C12H8Cl2O2S/c1-20-6-8-21(9-7-20)17(22)11-13-3-5-16(23-13)14-4-2-12(18)10-15(14)19;13-7-1-3-9(10(14)5-7)11-4-2-8(17-11)6-12(15)16/h2-5,10H,6-9,11H2,1H3;1-5H,6H2,(H,15,16). The van der Waals surface area contributed by atoms with Crippen molar-refractivity contribution in [3.8, 4) is 20.9 Å². The molecule has 0 spiro atoms. The third kappa shape index (κ3) is 8.46. The van der Waals surface area contributed by atoms with Gasteiger partial charge in [-0.15, -0.1) is 22.7 Å². The number of carbonyl (C=O) groups excluding carboxylic acids is 1. The predicted octanol–water partition coefficient (Wildman–Crippen LogP) is 8.39. The van der Waals surface area contributed by atoms with Crippen molar-refractivity contribution in [2.45, 2.75) is 12.8 Å². The number of rotatable bonds is 6. The molecule has 1 amide bonds. The highest BCUT2D eigenvalue weighted by atomic mass is 35.5. The van der Waals surface area contributed by atoms with E-state index in [-0.39, 0.29) is 12.3 Å². The molecule has 5 rings (SSSR count). The highest BCUT2D eigenvalue weighted by Crippen LogP contribution is 2.36. The van der Waals surface area contributed by atoms with Crippen molar-refractivity contribution in [1.82, 2.24) is 9.80 Å². The third-order valence-corrected chi connectivity index (χ3v) is 9.56. The Balaban J connectivity index is 0.000000194. The fourth-order valence-electron chi connectivity index (χ4n) is 4.08. The van der Waals surface area contributed by atoms with Crippen LogP contribution in [0.15, 0.2) is 60.7 Å². The molecule has 2 aromatic carbocycles. The molecule has 3 heterocycles. The van der Waals surface area contributed by atoms with Crippen LogP contribution >= 0.6 is 69.1 Å². The number of hydrogen-bond donors (Lipinski definition) is 1. The SMILES string of the molecule is CN1CCN(C(=O)Cc2ccc(-c3ccc(Cl)cc3Cl)s2)CC1.O=C(O)Cc1ccc(-c2ccc(Cl)cc2Cl)s1. The fraction of sp³-hybridized carbons (Fsp3) is 0.241. The lowest BCUT2D eigenvalue weighted by atomic mass is 10.2. The summed E-state index contributed by atoms with van der Waals surface area (Å²) in [5.41, 5.74) is 1.83. The van der Waals surface area contributed by atoms with Crippen LogP contribution in [-0.2, 0) is 22.4 Å². The van der Waals surface area contributed by atoms with Crippen molar-refractivity contribution in [2.75, 3.05) is 33.2 Å². The Labute approximate surface area is 261 Å². The summed E-state index contributed by atoms with van der Waals surface area (Å²) in [4.78, 5) is 31.1. The first-order chi connectivity index (χ1) is 19.1. The highest BCUT2D eigenvalue weighted by molar-refractivity contribution is 7.16. The molecule has 5 nitrogen and oxygen atoms in total. The summed E-state index contributed by atoms with van der Waals surface area (Å²) < 4.78 is 0. The molecule has 0 bridgehead atoms. The molecule has 0 atom stereocenters. The maximum absolute atomic E-state index is 12.4. The van der Waals surface area contributed by atoms with Gasteiger partial charge in [-0.05, 0) is 55.6 Å². The fourth-order valence-corrected chi connectivity index (χ4v) is 7.29. The van der Waals surface area contributed by atoms with Crippen LogP contribution in [0, 0.1) is 0 Å². The van der Waals surface area contributed by atoms with Gasteiger partial charge in [-0.3, -0.25) is 9.59 Å². The lowest BCUT2D eigenvalue weighted by Crippen LogP contribution is -2.47. The van der Waals surface area contributed by atoms with E-state index in [1.54, 1.807) is 35.6 Å². The first-order valence-corrected chi connectivity index (χ1v) is 15.5. The van der Waals surface area contributed by atoms with E-state index in [2.05, 4.69) is 11.9 Å². The average Bonchev–Trinajstić information content (AvgIpc) is 3.54. The molecule has 2 aromatic heterocycles. The van der Waals surface area contributed by atoms with Gasteiger partial charge in [-0.2, -0.15) is 0 Å². The molecule has 0 unspecified atom stereocenters. The van der Waals surface area contributed by atoms with Crippen molar-refractivity contribution >= 4 is 81.0 Å². The minimum atomic E-state index is -0.833. The molecular formula is C29H26Cl4N2O3S2. The molecule has 0 radical (unpaired) electrons. The van der Waals surface area contributed by atoms with Gasteiger partial charge < -0.3 is 14.9 Å². The van der Waals surface area contributed by atoms with Crippen LogP contribution in [-0.4, -0.2) is 60.0 Å². The molecule has 1 N–H and O–H groups in total. The van der Waals surface area contributed by atoms with Gasteiger partial charge in [-0.25, -0.2) is 0 Å². The number of aliphatic carboxylic acids is 1. The Bertz CT molecular complexity index is 1500. The molecule has 1 aliphatic heterocycles. The van der Waals surface area contributed by atoms with E-state index in [0.717, 1.165) is 56.8 Å². The summed E-state index contributed by atoms with van der Waals surface area (Å²) in [5, 5.41) is 11.1. The van der Waals surface area contributed by atoms with Gasteiger partial charge in [0.25, 0.3) is 0 Å². The number of likely N-dealkylation sites (N-methyl/N-ethyl adjacent to an activating group) is 1. The largest absolute Gasteiger partial charge is 0.481 e. The maximum Gasteiger partial charge on any atom is 0.308 e. The number of nitrogens with zero attached hydrogens (tertiary/aromatic N) is 2. The van der Waals surface area contributed by atoms with Crippen LogP contribution < -0.4 is 0 Å². The van der Waals surface area contributed by atoms with Crippen molar-refractivity contribution < 1.29 is 14.7 Å². The van der Waals surface area contributed by atoms with Crippen molar-refractivity contribution in [1.29, 1.82) is 0 Å². The number of amides is 1. The second-order valence-electron chi connectivity index (χ2n) is 9.21. The van der Waals surface area contributed by atoms with E-state index in [1.165, 1.54) is 11.3 Å². The van der Waals surface area contributed by atoms with Gasteiger partial charge >= 0.3 is 5.97 Å². The summed E-state index contributed by atoms with van der Waals surface area (Å²) in [7, 11) is 2.09. The summed E-state index contributed by atoms with van der Waals surface area (Å²) in [6.45, 7) is 3.52. The van der Waals surface area contributed by atoms with Crippen molar-refractivity contribution in [3.05, 3.63) is 90.5 Å². The minimum absolute atomic E-state index is 0.0376. The number of thiophene rings is 2. The molecule has 1 saturated heterocycles. The number of carbonyl (C=O) groups is 2. The van der Waals surface area contributed by atoms with Gasteiger partial charge in [0.2, 0.25) is 5.91 Å². The first kappa shape index (κ1) is 30.8. The Morgan fingerprint density at radius 3 is 1.65 bits per heavy atom. The average molecular weight is 656 g/mol. The van der Waals surface area contributed by atoms with Crippen molar-refractivity contribution in [3.63, 3.8) is 0 Å². The smallest absolute Gasteiger partial charge is 0.308 e. The summed E-state index contributed by atoms with van der Waals surface area (Å²) in [6.07, 6.45) is 0.496. The zero-order valence-electron chi connectivity index (χ0n) is 21.5. The monoisotopic (exact) mass is 654 g/mol.